The number of rotatable bonds is 4. The molecule has 3 rings (SSSR count). The summed E-state index contributed by atoms with van der Waals surface area (Å²) in [5.41, 5.74) is 1.40. The van der Waals surface area contributed by atoms with Crippen LogP contribution in [0.15, 0.2) is 51.8 Å². The minimum absolute atomic E-state index is 0.000865. The molecule has 8 nitrogen and oxygen atoms in total. The lowest BCUT2D eigenvalue weighted by Gasteiger charge is -2.14. The Bertz CT molecular complexity index is 995. The number of aryl methyl sites for hydroxylation is 1. The SMILES string of the molecule is Cc1ccc(NC(=O)CSC2=NC(=N)C(=NC(=O)c3cccs3)C(=O)N2)cc1. The van der Waals surface area contributed by atoms with E-state index in [1.54, 1.807) is 29.6 Å². The van der Waals surface area contributed by atoms with Crippen LogP contribution in [0.2, 0.25) is 0 Å². The van der Waals surface area contributed by atoms with E-state index in [1.807, 2.05) is 19.1 Å². The van der Waals surface area contributed by atoms with Gasteiger partial charge >= 0.3 is 0 Å². The Morgan fingerprint density at radius 1 is 1.29 bits per heavy atom. The number of carbonyl (C=O) groups is 3. The van der Waals surface area contributed by atoms with Gasteiger partial charge in [0.1, 0.15) is 0 Å². The van der Waals surface area contributed by atoms with Crippen molar-refractivity contribution >= 4 is 63.2 Å². The highest BCUT2D eigenvalue weighted by molar-refractivity contribution is 8.14. The summed E-state index contributed by atoms with van der Waals surface area (Å²) in [5.74, 6) is -2.00. The number of amides is 3. The lowest BCUT2D eigenvalue weighted by molar-refractivity contribution is -0.114. The Kier molecular flexibility index (Phi) is 6.12. The molecule has 1 aliphatic rings. The zero-order chi connectivity index (χ0) is 20.1. The summed E-state index contributed by atoms with van der Waals surface area (Å²) in [4.78, 5) is 44.1. The molecule has 0 saturated carbocycles. The van der Waals surface area contributed by atoms with Gasteiger partial charge in [0, 0.05) is 5.69 Å². The molecule has 0 unspecified atom stereocenters. The molecule has 3 amide bonds. The van der Waals surface area contributed by atoms with Crippen molar-refractivity contribution in [2.45, 2.75) is 6.92 Å². The van der Waals surface area contributed by atoms with Crippen molar-refractivity contribution in [3.8, 4) is 0 Å². The van der Waals surface area contributed by atoms with Gasteiger partial charge in [0.15, 0.2) is 16.7 Å². The predicted molar refractivity (Wildman–Crippen MR) is 112 cm³/mol. The molecule has 28 heavy (non-hydrogen) atoms. The molecule has 10 heteroatoms. The maximum absolute atomic E-state index is 12.2. The van der Waals surface area contributed by atoms with Gasteiger partial charge in [0.05, 0.1) is 10.6 Å². The van der Waals surface area contributed by atoms with E-state index < -0.39 is 17.6 Å². The molecule has 3 N–H and O–H groups in total. The summed E-state index contributed by atoms with van der Waals surface area (Å²) in [6.45, 7) is 1.95. The first-order valence-electron chi connectivity index (χ1n) is 8.07. The van der Waals surface area contributed by atoms with Crippen LogP contribution in [0.1, 0.15) is 15.2 Å². The molecular formula is C18H15N5O3S2. The first-order chi connectivity index (χ1) is 13.4. The van der Waals surface area contributed by atoms with Crippen LogP contribution in [0.4, 0.5) is 5.69 Å². The van der Waals surface area contributed by atoms with E-state index in [4.69, 9.17) is 5.41 Å². The Morgan fingerprint density at radius 3 is 2.68 bits per heavy atom. The summed E-state index contributed by atoms with van der Waals surface area (Å²) >= 11 is 2.17. The monoisotopic (exact) mass is 413 g/mol. The van der Waals surface area contributed by atoms with Gasteiger partial charge in [-0.1, -0.05) is 35.5 Å². The number of benzene rings is 1. The number of amidine groups is 2. The number of nitrogens with zero attached hydrogens (tertiary/aromatic N) is 2. The number of thioether (sulfide) groups is 1. The van der Waals surface area contributed by atoms with Gasteiger partial charge < -0.3 is 5.32 Å². The minimum atomic E-state index is -0.702. The number of hydrogen-bond acceptors (Lipinski definition) is 6. The van der Waals surface area contributed by atoms with E-state index in [2.05, 4.69) is 20.6 Å². The first-order valence-corrected chi connectivity index (χ1v) is 9.93. The maximum Gasteiger partial charge on any atom is 0.287 e. The van der Waals surface area contributed by atoms with Crippen LogP contribution in [0.3, 0.4) is 0 Å². The molecule has 0 aliphatic carbocycles. The van der Waals surface area contributed by atoms with Crippen molar-refractivity contribution in [1.29, 1.82) is 5.41 Å². The third-order valence-electron chi connectivity index (χ3n) is 3.49. The third kappa shape index (κ3) is 4.99. The molecule has 1 aromatic heterocycles. The molecule has 1 aromatic carbocycles. The molecule has 0 radical (unpaired) electrons. The van der Waals surface area contributed by atoms with E-state index in [0.717, 1.165) is 17.3 Å². The van der Waals surface area contributed by atoms with Gasteiger partial charge in [0.25, 0.3) is 11.8 Å². The summed E-state index contributed by atoms with van der Waals surface area (Å²) in [5, 5.41) is 14.9. The number of aliphatic imine (C=N–C) groups is 2. The molecule has 2 heterocycles. The largest absolute Gasteiger partial charge is 0.325 e. The molecule has 0 spiro atoms. The highest BCUT2D eigenvalue weighted by Crippen LogP contribution is 2.13. The predicted octanol–water partition coefficient (Wildman–Crippen LogP) is 2.47. The molecule has 0 bridgehead atoms. The molecule has 0 saturated heterocycles. The van der Waals surface area contributed by atoms with Gasteiger partial charge in [-0.15, -0.1) is 11.3 Å². The molecular weight excluding hydrogens is 398 g/mol. The third-order valence-corrected chi connectivity index (χ3v) is 5.22. The van der Waals surface area contributed by atoms with Crippen molar-refractivity contribution < 1.29 is 14.4 Å². The standard InChI is InChI=1S/C18H15N5O3S2/c1-10-4-6-11(7-5-10)20-13(24)9-28-18-22-15(19)14(17(26)23-18)21-16(25)12-3-2-8-27-12/h2-8H,9H2,1H3,(H,20,24)(H2,19,22,23,26). The van der Waals surface area contributed by atoms with Crippen LogP contribution < -0.4 is 10.6 Å². The minimum Gasteiger partial charge on any atom is -0.325 e. The highest BCUT2D eigenvalue weighted by atomic mass is 32.2. The topological polar surface area (TPSA) is 124 Å². The Hall–Kier alpha value is -3.11. The van der Waals surface area contributed by atoms with E-state index in [1.165, 1.54) is 11.3 Å². The van der Waals surface area contributed by atoms with Crippen LogP contribution in [-0.4, -0.2) is 40.2 Å². The van der Waals surface area contributed by atoms with Gasteiger partial charge in [-0.3, -0.25) is 25.1 Å². The highest BCUT2D eigenvalue weighted by Gasteiger charge is 2.26. The number of hydrogen-bond donors (Lipinski definition) is 3. The normalized spacial score (nSPS) is 15.2. The summed E-state index contributed by atoms with van der Waals surface area (Å²) < 4.78 is 0. The number of thiophene rings is 1. The number of anilines is 1. The lowest BCUT2D eigenvalue weighted by Crippen LogP contribution is -2.43. The lowest BCUT2D eigenvalue weighted by atomic mass is 10.2. The molecule has 2 aromatic rings. The van der Waals surface area contributed by atoms with Crippen molar-refractivity contribution in [2.75, 3.05) is 11.1 Å². The zero-order valence-electron chi connectivity index (χ0n) is 14.7. The second-order valence-corrected chi connectivity index (χ2v) is 7.58. The molecule has 1 aliphatic heterocycles. The van der Waals surface area contributed by atoms with Crippen LogP contribution >= 0.6 is 23.1 Å². The van der Waals surface area contributed by atoms with Crippen LogP contribution in [-0.2, 0) is 9.59 Å². The van der Waals surface area contributed by atoms with Crippen molar-refractivity contribution in [2.24, 2.45) is 9.98 Å². The fraction of sp³-hybridized carbons (Fsp3) is 0.111. The average molecular weight is 413 g/mol. The Labute approximate surface area is 168 Å². The van der Waals surface area contributed by atoms with Gasteiger partial charge in [-0.05, 0) is 30.5 Å². The van der Waals surface area contributed by atoms with Crippen molar-refractivity contribution in [3.63, 3.8) is 0 Å². The van der Waals surface area contributed by atoms with Crippen LogP contribution in [0.25, 0.3) is 0 Å². The van der Waals surface area contributed by atoms with Gasteiger partial charge in [-0.2, -0.15) is 4.99 Å². The number of nitrogens with one attached hydrogen (secondary N) is 3. The van der Waals surface area contributed by atoms with E-state index >= 15 is 0 Å². The molecule has 142 valence electrons. The summed E-state index contributed by atoms with van der Waals surface area (Å²) in [6.07, 6.45) is 0. The Morgan fingerprint density at radius 2 is 2.04 bits per heavy atom. The molecule has 0 fully saturated rings. The second-order valence-electron chi connectivity index (χ2n) is 5.67. The van der Waals surface area contributed by atoms with Gasteiger partial charge in [0.2, 0.25) is 5.91 Å². The fourth-order valence-electron chi connectivity index (χ4n) is 2.14. The van der Waals surface area contributed by atoms with Crippen molar-refractivity contribution in [1.82, 2.24) is 5.32 Å². The van der Waals surface area contributed by atoms with E-state index in [9.17, 15) is 14.4 Å². The van der Waals surface area contributed by atoms with Gasteiger partial charge in [-0.25, -0.2) is 4.99 Å². The summed E-state index contributed by atoms with van der Waals surface area (Å²) in [6, 6.07) is 10.6. The van der Waals surface area contributed by atoms with Crippen molar-refractivity contribution in [3.05, 3.63) is 52.2 Å². The fourth-order valence-corrected chi connectivity index (χ4v) is 3.41. The van der Waals surface area contributed by atoms with Crippen LogP contribution in [0, 0.1) is 12.3 Å². The second kappa shape index (κ2) is 8.72. The van der Waals surface area contributed by atoms with Crippen LogP contribution in [0.5, 0.6) is 0 Å². The van der Waals surface area contributed by atoms with E-state index in [-0.39, 0.29) is 22.5 Å². The quantitative estimate of drug-likeness (QED) is 0.712. The first kappa shape index (κ1) is 19.6. The zero-order valence-corrected chi connectivity index (χ0v) is 16.3. The molecule has 0 atom stereocenters. The Balaban J connectivity index is 1.59. The summed E-state index contributed by atoms with van der Waals surface area (Å²) in [7, 11) is 0. The smallest absolute Gasteiger partial charge is 0.287 e. The average Bonchev–Trinajstić information content (AvgIpc) is 3.20. The maximum atomic E-state index is 12.2. The number of carbonyl (C=O) groups excluding carboxylic acids is 3. The van der Waals surface area contributed by atoms with E-state index in [0.29, 0.717) is 10.6 Å².